The molecule has 2 saturated carbocycles. The zero-order valence-corrected chi connectivity index (χ0v) is 20.2. The van der Waals surface area contributed by atoms with Crippen LogP contribution in [0.2, 0.25) is 0 Å². The third-order valence-corrected chi connectivity index (χ3v) is 7.82. The first-order valence-corrected chi connectivity index (χ1v) is 13.3. The summed E-state index contributed by atoms with van der Waals surface area (Å²) >= 11 is 1.25. The molecular weight excluding hydrogens is 464 g/mol. The van der Waals surface area contributed by atoms with E-state index in [0.717, 1.165) is 51.7 Å². The lowest BCUT2D eigenvalue weighted by molar-refractivity contribution is -0.119. The number of thioether (sulfide) groups is 1. The molecule has 1 aromatic carbocycles. The van der Waals surface area contributed by atoms with E-state index in [0.29, 0.717) is 21.9 Å². The summed E-state index contributed by atoms with van der Waals surface area (Å²) in [6.07, 6.45) is 4.73. The number of rotatable bonds is 8. The van der Waals surface area contributed by atoms with Crippen LogP contribution in [0.3, 0.4) is 0 Å². The molecule has 10 heteroatoms. The molecule has 1 amide bonds. The van der Waals surface area contributed by atoms with Crippen molar-refractivity contribution in [3.8, 4) is 0 Å². The Morgan fingerprint density at radius 3 is 2.63 bits per heavy atom. The fourth-order valence-electron chi connectivity index (χ4n) is 4.77. The van der Waals surface area contributed by atoms with E-state index in [1.807, 2.05) is 18.2 Å². The topological polar surface area (TPSA) is 113 Å². The number of aromatic amines is 1. The number of benzene rings is 1. The molecule has 2 aliphatic carbocycles. The van der Waals surface area contributed by atoms with E-state index in [2.05, 4.69) is 37.3 Å². The van der Waals surface area contributed by atoms with Crippen LogP contribution < -0.4 is 16.6 Å². The largest absolute Gasteiger partial charge is 0.351 e. The molecule has 0 spiro atoms. The van der Waals surface area contributed by atoms with Gasteiger partial charge in [-0.3, -0.25) is 24.0 Å². The number of hydrogen-bond acceptors (Lipinski definition) is 7. The van der Waals surface area contributed by atoms with Gasteiger partial charge in [-0.05, 0) is 37.7 Å². The van der Waals surface area contributed by atoms with E-state index in [1.165, 1.54) is 17.3 Å². The predicted molar refractivity (Wildman–Crippen MR) is 134 cm³/mol. The highest BCUT2D eigenvalue weighted by atomic mass is 32.2. The minimum atomic E-state index is -0.487. The van der Waals surface area contributed by atoms with Crippen molar-refractivity contribution in [2.24, 2.45) is 0 Å². The Balaban J connectivity index is 1.16. The van der Waals surface area contributed by atoms with E-state index in [4.69, 9.17) is 0 Å². The smallest absolute Gasteiger partial charge is 0.330 e. The van der Waals surface area contributed by atoms with Crippen molar-refractivity contribution in [2.45, 2.75) is 61.7 Å². The minimum absolute atomic E-state index is 0.0751. The summed E-state index contributed by atoms with van der Waals surface area (Å²) in [6, 6.07) is 10.5. The highest BCUT2D eigenvalue weighted by Crippen LogP contribution is 2.40. The summed E-state index contributed by atoms with van der Waals surface area (Å²) in [5.74, 6) is 1.03. The lowest BCUT2D eigenvalue weighted by Crippen LogP contribution is -2.38. The van der Waals surface area contributed by atoms with Crippen molar-refractivity contribution in [1.29, 1.82) is 0 Å². The van der Waals surface area contributed by atoms with Crippen LogP contribution in [-0.2, 0) is 11.3 Å². The second-order valence-electron chi connectivity index (χ2n) is 9.78. The lowest BCUT2D eigenvalue weighted by atomic mass is 10.2. The predicted octanol–water partition coefficient (Wildman–Crippen LogP) is 2.17. The monoisotopic (exact) mass is 492 g/mol. The second-order valence-corrected chi connectivity index (χ2v) is 10.7. The standard InChI is InChI=1S/C25H28N6O3S/c32-19(26-17-10-11-30(13-17)12-15-4-2-1-3-5-15)14-35-24-20-22(27-21(28-24)16-6-7-16)31(18-8-9-18)25(34)29-23(20)33/h1-5,16-18H,6-14H2,(H,26,32)(H,29,33,34). The molecule has 182 valence electrons. The van der Waals surface area contributed by atoms with Gasteiger partial charge in [0.1, 0.15) is 16.2 Å². The van der Waals surface area contributed by atoms with Gasteiger partial charge >= 0.3 is 5.69 Å². The molecular formula is C25H28N6O3S. The Morgan fingerprint density at radius 1 is 1.09 bits per heavy atom. The molecule has 3 fully saturated rings. The summed E-state index contributed by atoms with van der Waals surface area (Å²) in [5.41, 5.74) is 0.778. The van der Waals surface area contributed by atoms with Gasteiger partial charge in [0.05, 0.1) is 5.75 Å². The van der Waals surface area contributed by atoms with Gasteiger partial charge in [0.25, 0.3) is 5.56 Å². The Bertz CT molecular complexity index is 1380. The first-order valence-electron chi connectivity index (χ1n) is 12.3. The number of hydrogen-bond donors (Lipinski definition) is 2. The van der Waals surface area contributed by atoms with E-state index in [9.17, 15) is 14.4 Å². The number of aromatic nitrogens is 4. The summed E-state index contributed by atoms with van der Waals surface area (Å²) in [7, 11) is 0. The van der Waals surface area contributed by atoms with Crippen molar-refractivity contribution in [3.05, 3.63) is 62.6 Å². The van der Waals surface area contributed by atoms with Crippen LogP contribution in [0.1, 0.15) is 55.5 Å². The van der Waals surface area contributed by atoms with Gasteiger partial charge in [-0.2, -0.15) is 0 Å². The Kier molecular flexibility index (Phi) is 5.93. The number of carbonyl (C=O) groups is 1. The first-order chi connectivity index (χ1) is 17.0. The maximum Gasteiger partial charge on any atom is 0.330 e. The van der Waals surface area contributed by atoms with Gasteiger partial charge in [0.2, 0.25) is 5.91 Å². The molecule has 1 aliphatic heterocycles. The van der Waals surface area contributed by atoms with Gasteiger partial charge in [-0.15, -0.1) is 0 Å². The van der Waals surface area contributed by atoms with Crippen LogP contribution in [0.4, 0.5) is 0 Å². The van der Waals surface area contributed by atoms with Gasteiger partial charge in [0.15, 0.2) is 5.65 Å². The van der Waals surface area contributed by atoms with Crippen LogP contribution in [0, 0.1) is 0 Å². The van der Waals surface area contributed by atoms with Crippen LogP contribution in [-0.4, -0.2) is 55.2 Å². The fourth-order valence-corrected chi connectivity index (χ4v) is 5.61. The first kappa shape index (κ1) is 22.5. The SMILES string of the molecule is O=C(CSc1nc(C2CC2)nc2c1c(=O)[nH]c(=O)n2C1CC1)NC1CCN(Cc2ccccc2)C1. The van der Waals surface area contributed by atoms with Gasteiger partial charge < -0.3 is 5.32 Å². The molecule has 2 N–H and O–H groups in total. The van der Waals surface area contributed by atoms with E-state index < -0.39 is 11.2 Å². The van der Waals surface area contributed by atoms with Gasteiger partial charge in [-0.25, -0.2) is 14.8 Å². The molecule has 9 nitrogen and oxygen atoms in total. The summed E-state index contributed by atoms with van der Waals surface area (Å²) in [5, 5.41) is 3.94. The third-order valence-electron chi connectivity index (χ3n) is 6.85. The van der Waals surface area contributed by atoms with E-state index >= 15 is 0 Å². The van der Waals surface area contributed by atoms with Crippen molar-refractivity contribution in [1.82, 2.24) is 29.7 Å². The number of nitrogens with one attached hydrogen (secondary N) is 2. The van der Waals surface area contributed by atoms with E-state index in [1.54, 1.807) is 4.57 Å². The maximum absolute atomic E-state index is 12.8. The zero-order valence-electron chi connectivity index (χ0n) is 19.4. The molecule has 0 radical (unpaired) electrons. The number of nitrogens with zero attached hydrogens (tertiary/aromatic N) is 4. The molecule has 1 atom stereocenters. The Hall–Kier alpha value is -2.98. The minimum Gasteiger partial charge on any atom is -0.351 e. The van der Waals surface area contributed by atoms with Crippen LogP contribution in [0.25, 0.3) is 11.0 Å². The highest BCUT2D eigenvalue weighted by molar-refractivity contribution is 8.00. The average molecular weight is 493 g/mol. The van der Waals surface area contributed by atoms with Crippen molar-refractivity contribution >= 4 is 28.7 Å². The Labute approximate surface area is 206 Å². The number of amides is 1. The summed E-state index contributed by atoms with van der Waals surface area (Å²) in [6.45, 7) is 2.65. The molecule has 1 saturated heterocycles. The quantitative estimate of drug-likeness (QED) is 0.366. The lowest BCUT2D eigenvalue weighted by Gasteiger charge is -2.17. The number of H-pyrrole nitrogens is 1. The number of fused-ring (bicyclic) bond motifs is 1. The summed E-state index contributed by atoms with van der Waals surface area (Å²) in [4.78, 5) is 52.2. The molecule has 0 bridgehead atoms. The fraction of sp³-hybridized carbons (Fsp3) is 0.480. The normalized spacial score (nSPS) is 20.4. The third kappa shape index (κ3) is 4.90. The molecule has 6 rings (SSSR count). The zero-order chi connectivity index (χ0) is 23.9. The number of carbonyl (C=O) groups excluding carboxylic acids is 1. The van der Waals surface area contributed by atoms with Gasteiger partial charge in [0, 0.05) is 37.6 Å². The summed E-state index contributed by atoms with van der Waals surface area (Å²) < 4.78 is 1.61. The van der Waals surface area contributed by atoms with E-state index in [-0.39, 0.29) is 29.7 Å². The van der Waals surface area contributed by atoms with Crippen molar-refractivity contribution in [3.63, 3.8) is 0 Å². The highest BCUT2D eigenvalue weighted by Gasteiger charge is 2.32. The average Bonchev–Trinajstić information content (AvgIpc) is 3.77. The maximum atomic E-state index is 12.8. The van der Waals surface area contributed by atoms with Crippen molar-refractivity contribution < 1.29 is 4.79 Å². The molecule has 3 aromatic rings. The number of likely N-dealkylation sites (tertiary alicyclic amines) is 1. The van der Waals surface area contributed by atoms with Gasteiger partial charge in [-0.1, -0.05) is 42.1 Å². The second kappa shape index (κ2) is 9.23. The van der Waals surface area contributed by atoms with Crippen LogP contribution in [0.15, 0.2) is 44.9 Å². The molecule has 3 heterocycles. The van der Waals surface area contributed by atoms with Crippen LogP contribution >= 0.6 is 11.8 Å². The Morgan fingerprint density at radius 2 is 1.89 bits per heavy atom. The molecule has 2 aromatic heterocycles. The van der Waals surface area contributed by atoms with Crippen molar-refractivity contribution in [2.75, 3.05) is 18.8 Å². The van der Waals surface area contributed by atoms with Crippen LogP contribution in [0.5, 0.6) is 0 Å². The molecule has 3 aliphatic rings. The molecule has 1 unspecified atom stereocenters. The molecule has 35 heavy (non-hydrogen) atoms.